The summed E-state index contributed by atoms with van der Waals surface area (Å²) >= 11 is 0. The number of nitrogens with zero attached hydrogens (tertiary/aromatic N) is 1. The Morgan fingerprint density at radius 3 is 2.60 bits per heavy atom. The highest BCUT2D eigenvalue weighted by Gasteiger charge is 2.10. The molecule has 3 heteroatoms. The second kappa shape index (κ2) is 3.57. The third kappa shape index (κ3) is 1.69. The fraction of sp³-hybridized carbons (Fsp3) is 0.250. The quantitative estimate of drug-likeness (QED) is 0.695. The summed E-state index contributed by atoms with van der Waals surface area (Å²) in [5, 5.41) is 0.560. The minimum absolute atomic E-state index is 0.219. The fourth-order valence-electron chi connectivity index (χ4n) is 1.70. The largest absolute Gasteiger partial charge is 0.253 e. The van der Waals surface area contributed by atoms with Crippen LogP contribution in [0.25, 0.3) is 10.9 Å². The van der Waals surface area contributed by atoms with E-state index in [4.69, 9.17) is 0 Å². The Morgan fingerprint density at radius 2 is 1.93 bits per heavy atom. The molecule has 1 aromatic carbocycles. The number of aromatic nitrogens is 1. The van der Waals surface area contributed by atoms with E-state index in [1.165, 1.54) is 6.07 Å². The molecule has 0 bridgehead atoms. The lowest BCUT2D eigenvalue weighted by Crippen LogP contribution is -1.94. The Bertz CT molecular complexity index is 506. The molecule has 1 aromatic heterocycles. The molecular weight excluding hydrogens is 196 g/mol. The molecule has 0 aliphatic carbocycles. The lowest BCUT2D eigenvalue weighted by atomic mass is 9.99. The maximum atomic E-state index is 13.4. The molecule has 0 aliphatic heterocycles. The van der Waals surface area contributed by atoms with Gasteiger partial charge in [-0.05, 0) is 23.6 Å². The van der Waals surface area contributed by atoms with Gasteiger partial charge in [0, 0.05) is 17.6 Å². The molecule has 78 valence electrons. The van der Waals surface area contributed by atoms with E-state index in [0.717, 1.165) is 11.6 Å². The Labute approximate surface area is 86.8 Å². The predicted molar refractivity (Wildman–Crippen MR) is 55.7 cm³/mol. The number of hydrogen-bond acceptors (Lipinski definition) is 1. The minimum Gasteiger partial charge on any atom is -0.253 e. The van der Waals surface area contributed by atoms with Gasteiger partial charge in [0.2, 0.25) is 0 Å². The molecule has 15 heavy (non-hydrogen) atoms. The van der Waals surface area contributed by atoms with Crippen LogP contribution in [0.5, 0.6) is 0 Å². The molecule has 0 atom stereocenters. The minimum atomic E-state index is -0.604. The van der Waals surface area contributed by atoms with Gasteiger partial charge in [0.05, 0.1) is 0 Å². The van der Waals surface area contributed by atoms with Crippen molar-refractivity contribution in [1.82, 2.24) is 4.98 Å². The van der Waals surface area contributed by atoms with Crippen molar-refractivity contribution in [2.45, 2.75) is 19.8 Å². The van der Waals surface area contributed by atoms with E-state index in [0.29, 0.717) is 5.39 Å². The van der Waals surface area contributed by atoms with E-state index in [1.807, 2.05) is 13.8 Å². The van der Waals surface area contributed by atoms with E-state index >= 15 is 0 Å². The Kier molecular flexibility index (Phi) is 2.39. The van der Waals surface area contributed by atoms with Crippen molar-refractivity contribution in [3.05, 3.63) is 41.6 Å². The number of rotatable bonds is 1. The summed E-state index contributed by atoms with van der Waals surface area (Å²) in [5.41, 5.74) is 1.15. The maximum Gasteiger partial charge on any atom is 0.152 e. The van der Waals surface area contributed by atoms with Crippen molar-refractivity contribution in [3.8, 4) is 0 Å². The van der Waals surface area contributed by atoms with Gasteiger partial charge in [0.1, 0.15) is 11.3 Å². The van der Waals surface area contributed by atoms with Crippen LogP contribution in [0.4, 0.5) is 8.78 Å². The topological polar surface area (TPSA) is 12.9 Å². The molecule has 0 fully saturated rings. The van der Waals surface area contributed by atoms with Gasteiger partial charge in [-0.25, -0.2) is 8.78 Å². The summed E-state index contributed by atoms with van der Waals surface area (Å²) in [6.07, 6.45) is 1.55. The average molecular weight is 207 g/mol. The smallest absolute Gasteiger partial charge is 0.152 e. The van der Waals surface area contributed by atoms with Gasteiger partial charge in [-0.1, -0.05) is 13.8 Å². The number of halogens is 2. The first-order valence-electron chi connectivity index (χ1n) is 4.83. The summed E-state index contributed by atoms with van der Waals surface area (Å²) < 4.78 is 26.5. The van der Waals surface area contributed by atoms with Crippen molar-refractivity contribution < 1.29 is 8.78 Å². The SMILES string of the molecule is CC(C)c1ccnc2c(F)cc(F)cc12. The standard InChI is InChI=1S/C12H11F2N/c1-7(2)9-3-4-15-12-10(9)5-8(13)6-11(12)14/h3-7H,1-2H3. The van der Waals surface area contributed by atoms with Crippen LogP contribution in [-0.2, 0) is 0 Å². The predicted octanol–water partition coefficient (Wildman–Crippen LogP) is 3.64. The summed E-state index contributed by atoms with van der Waals surface area (Å²) in [4.78, 5) is 3.92. The molecule has 0 aliphatic rings. The Balaban J connectivity index is 2.85. The monoisotopic (exact) mass is 207 g/mol. The van der Waals surface area contributed by atoms with E-state index in [-0.39, 0.29) is 11.4 Å². The second-order valence-electron chi connectivity index (χ2n) is 3.84. The molecular formula is C12H11F2N. The first kappa shape index (κ1) is 10.0. The highest BCUT2D eigenvalue weighted by Crippen LogP contribution is 2.26. The summed E-state index contributed by atoms with van der Waals surface area (Å²) in [5.74, 6) is -0.945. The van der Waals surface area contributed by atoms with Crippen LogP contribution in [0.3, 0.4) is 0 Å². The van der Waals surface area contributed by atoms with Crippen molar-refractivity contribution in [1.29, 1.82) is 0 Å². The molecule has 0 unspecified atom stereocenters. The Morgan fingerprint density at radius 1 is 1.20 bits per heavy atom. The van der Waals surface area contributed by atoms with Crippen LogP contribution in [-0.4, -0.2) is 4.98 Å². The average Bonchev–Trinajstić information content (AvgIpc) is 2.16. The first-order chi connectivity index (χ1) is 7.09. The molecule has 1 heterocycles. The van der Waals surface area contributed by atoms with Crippen molar-refractivity contribution >= 4 is 10.9 Å². The maximum absolute atomic E-state index is 13.4. The van der Waals surface area contributed by atoms with Gasteiger partial charge < -0.3 is 0 Å². The third-order valence-corrected chi connectivity index (χ3v) is 2.42. The van der Waals surface area contributed by atoms with Gasteiger partial charge in [0.15, 0.2) is 5.82 Å². The van der Waals surface area contributed by atoms with Gasteiger partial charge >= 0.3 is 0 Å². The summed E-state index contributed by atoms with van der Waals surface area (Å²) in [6.45, 7) is 3.97. The van der Waals surface area contributed by atoms with Crippen LogP contribution < -0.4 is 0 Å². The van der Waals surface area contributed by atoms with Crippen molar-refractivity contribution in [2.24, 2.45) is 0 Å². The van der Waals surface area contributed by atoms with E-state index in [1.54, 1.807) is 12.3 Å². The molecule has 1 nitrogen and oxygen atoms in total. The number of hydrogen-bond donors (Lipinski definition) is 0. The highest BCUT2D eigenvalue weighted by molar-refractivity contribution is 5.83. The molecule has 0 saturated heterocycles. The first-order valence-corrected chi connectivity index (χ1v) is 4.83. The lowest BCUT2D eigenvalue weighted by molar-refractivity contribution is 0.590. The van der Waals surface area contributed by atoms with Crippen LogP contribution in [0, 0.1) is 11.6 Å². The normalized spacial score (nSPS) is 11.3. The van der Waals surface area contributed by atoms with Gasteiger partial charge in [-0.15, -0.1) is 0 Å². The van der Waals surface area contributed by atoms with Gasteiger partial charge in [-0.2, -0.15) is 0 Å². The molecule has 0 saturated carbocycles. The van der Waals surface area contributed by atoms with Crippen molar-refractivity contribution in [3.63, 3.8) is 0 Å². The lowest BCUT2D eigenvalue weighted by Gasteiger charge is -2.09. The molecule has 2 aromatic rings. The third-order valence-electron chi connectivity index (χ3n) is 2.42. The van der Waals surface area contributed by atoms with E-state index < -0.39 is 11.6 Å². The number of pyridine rings is 1. The number of benzene rings is 1. The molecule has 0 radical (unpaired) electrons. The highest BCUT2D eigenvalue weighted by atomic mass is 19.1. The van der Waals surface area contributed by atoms with E-state index in [2.05, 4.69) is 4.98 Å². The molecule has 2 rings (SSSR count). The summed E-state index contributed by atoms with van der Waals surface area (Å²) in [7, 11) is 0. The fourth-order valence-corrected chi connectivity index (χ4v) is 1.70. The molecule has 0 N–H and O–H groups in total. The van der Waals surface area contributed by atoms with E-state index in [9.17, 15) is 8.78 Å². The zero-order valence-corrected chi connectivity index (χ0v) is 8.59. The second-order valence-corrected chi connectivity index (χ2v) is 3.84. The van der Waals surface area contributed by atoms with Crippen LogP contribution in [0.15, 0.2) is 24.4 Å². The van der Waals surface area contributed by atoms with Gasteiger partial charge in [-0.3, -0.25) is 4.98 Å². The molecule has 0 spiro atoms. The van der Waals surface area contributed by atoms with Crippen LogP contribution in [0.2, 0.25) is 0 Å². The Hall–Kier alpha value is -1.51. The number of fused-ring (bicyclic) bond motifs is 1. The van der Waals surface area contributed by atoms with Crippen LogP contribution >= 0.6 is 0 Å². The van der Waals surface area contributed by atoms with Crippen LogP contribution in [0.1, 0.15) is 25.3 Å². The summed E-state index contributed by atoms with van der Waals surface area (Å²) in [6, 6.07) is 3.99. The van der Waals surface area contributed by atoms with Crippen molar-refractivity contribution in [2.75, 3.05) is 0 Å². The molecule has 0 amide bonds. The zero-order chi connectivity index (χ0) is 11.0. The zero-order valence-electron chi connectivity index (χ0n) is 8.59. The van der Waals surface area contributed by atoms with Gasteiger partial charge in [0.25, 0.3) is 0 Å².